The van der Waals surface area contributed by atoms with E-state index in [1.165, 1.54) is 6.92 Å². The maximum Gasteiger partial charge on any atom is 0.255 e. The standard InChI is InChI=1S/C19H20N2O3/c1-12-4-5-15(10-13(12)2)19(23)20-16-6-7-18-17(11-16)21(14(3)22)8-9-24-18/h4-7,10-11H,8-9H2,1-3H3,(H,20,23). The van der Waals surface area contributed by atoms with Crippen LogP contribution in [0.5, 0.6) is 5.75 Å². The highest BCUT2D eigenvalue weighted by Crippen LogP contribution is 2.34. The Morgan fingerprint density at radius 3 is 2.58 bits per heavy atom. The Kier molecular flexibility index (Phi) is 4.25. The van der Waals surface area contributed by atoms with E-state index in [0.717, 1.165) is 11.1 Å². The first-order chi connectivity index (χ1) is 11.5. The quantitative estimate of drug-likeness (QED) is 0.922. The van der Waals surface area contributed by atoms with Crippen molar-refractivity contribution in [3.8, 4) is 5.75 Å². The molecule has 2 aromatic rings. The van der Waals surface area contributed by atoms with Crippen molar-refractivity contribution in [1.29, 1.82) is 0 Å². The lowest BCUT2D eigenvalue weighted by atomic mass is 10.1. The Labute approximate surface area is 141 Å². The van der Waals surface area contributed by atoms with Crippen molar-refractivity contribution in [2.24, 2.45) is 0 Å². The van der Waals surface area contributed by atoms with Crippen LogP contribution in [0.15, 0.2) is 36.4 Å². The van der Waals surface area contributed by atoms with E-state index in [1.807, 2.05) is 26.0 Å². The predicted octanol–water partition coefficient (Wildman–Crippen LogP) is 3.30. The highest BCUT2D eigenvalue weighted by atomic mass is 16.5. The molecule has 1 N–H and O–H groups in total. The number of amides is 2. The van der Waals surface area contributed by atoms with Gasteiger partial charge in [0.2, 0.25) is 5.91 Å². The summed E-state index contributed by atoms with van der Waals surface area (Å²) in [5.74, 6) is 0.432. The fourth-order valence-electron chi connectivity index (χ4n) is 2.71. The highest BCUT2D eigenvalue weighted by Gasteiger charge is 2.21. The van der Waals surface area contributed by atoms with Crippen LogP contribution < -0.4 is 15.0 Å². The van der Waals surface area contributed by atoms with Gasteiger partial charge in [0.15, 0.2) is 0 Å². The lowest BCUT2D eigenvalue weighted by molar-refractivity contribution is -0.116. The van der Waals surface area contributed by atoms with Gasteiger partial charge < -0.3 is 15.0 Å². The summed E-state index contributed by atoms with van der Waals surface area (Å²) in [6, 6.07) is 10.9. The second-order valence-corrected chi connectivity index (χ2v) is 5.95. The Bertz CT molecular complexity index is 814. The normalized spacial score (nSPS) is 13.0. The van der Waals surface area contributed by atoms with Gasteiger partial charge in [0.1, 0.15) is 12.4 Å². The van der Waals surface area contributed by atoms with E-state index in [4.69, 9.17) is 4.74 Å². The lowest BCUT2D eigenvalue weighted by Gasteiger charge is -2.29. The number of nitrogens with one attached hydrogen (secondary N) is 1. The summed E-state index contributed by atoms with van der Waals surface area (Å²) in [4.78, 5) is 25.9. The fourth-order valence-corrected chi connectivity index (χ4v) is 2.71. The van der Waals surface area contributed by atoms with Crippen LogP contribution >= 0.6 is 0 Å². The molecule has 1 aliphatic rings. The zero-order valence-corrected chi connectivity index (χ0v) is 14.1. The van der Waals surface area contributed by atoms with Crippen LogP contribution in [0.3, 0.4) is 0 Å². The van der Waals surface area contributed by atoms with Crippen LogP contribution in [0.2, 0.25) is 0 Å². The third kappa shape index (κ3) is 3.11. The van der Waals surface area contributed by atoms with E-state index >= 15 is 0 Å². The van der Waals surface area contributed by atoms with Gasteiger partial charge in [0, 0.05) is 18.2 Å². The van der Waals surface area contributed by atoms with Crippen molar-refractivity contribution >= 4 is 23.2 Å². The van der Waals surface area contributed by atoms with Gasteiger partial charge in [-0.2, -0.15) is 0 Å². The van der Waals surface area contributed by atoms with Crippen LogP contribution in [0.25, 0.3) is 0 Å². The number of aryl methyl sites for hydroxylation is 2. The van der Waals surface area contributed by atoms with E-state index < -0.39 is 0 Å². The Hall–Kier alpha value is -2.82. The van der Waals surface area contributed by atoms with Crippen LogP contribution in [0.4, 0.5) is 11.4 Å². The molecule has 1 heterocycles. The van der Waals surface area contributed by atoms with Crippen molar-refractivity contribution < 1.29 is 14.3 Å². The third-order valence-corrected chi connectivity index (χ3v) is 4.23. The smallest absolute Gasteiger partial charge is 0.255 e. The molecule has 0 spiro atoms. The Morgan fingerprint density at radius 1 is 1.08 bits per heavy atom. The summed E-state index contributed by atoms with van der Waals surface area (Å²) in [5.41, 5.74) is 4.15. The van der Waals surface area contributed by atoms with Gasteiger partial charge in [0.25, 0.3) is 5.91 Å². The molecule has 5 heteroatoms. The molecule has 124 valence electrons. The maximum absolute atomic E-state index is 12.4. The van der Waals surface area contributed by atoms with Gasteiger partial charge in [-0.1, -0.05) is 6.07 Å². The van der Waals surface area contributed by atoms with E-state index in [1.54, 1.807) is 29.2 Å². The number of fused-ring (bicyclic) bond motifs is 1. The van der Waals surface area contributed by atoms with Gasteiger partial charge >= 0.3 is 0 Å². The highest BCUT2D eigenvalue weighted by molar-refractivity contribution is 6.05. The van der Waals surface area contributed by atoms with Gasteiger partial charge in [0.05, 0.1) is 12.2 Å². The summed E-state index contributed by atoms with van der Waals surface area (Å²) < 4.78 is 5.57. The van der Waals surface area contributed by atoms with Gasteiger partial charge in [-0.3, -0.25) is 9.59 Å². The average Bonchev–Trinajstić information content (AvgIpc) is 2.56. The van der Waals surface area contributed by atoms with E-state index in [2.05, 4.69) is 5.32 Å². The van der Waals surface area contributed by atoms with Crippen LogP contribution in [-0.4, -0.2) is 25.0 Å². The van der Waals surface area contributed by atoms with Gasteiger partial charge in [-0.15, -0.1) is 0 Å². The minimum atomic E-state index is -0.177. The van der Waals surface area contributed by atoms with E-state index in [0.29, 0.717) is 35.8 Å². The van der Waals surface area contributed by atoms with Crippen LogP contribution in [0, 0.1) is 13.8 Å². The summed E-state index contributed by atoms with van der Waals surface area (Å²) in [6.07, 6.45) is 0. The molecule has 0 aliphatic carbocycles. The van der Waals surface area contributed by atoms with Crippen molar-refractivity contribution in [2.75, 3.05) is 23.4 Å². The minimum absolute atomic E-state index is 0.0443. The first-order valence-corrected chi connectivity index (χ1v) is 7.89. The molecule has 0 unspecified atom stereocenters. The minimum Gasteiger partial charge on any atom is -0.490 e. The number of carbonyl (C=O) groups is 2. The van der Waals surface area contributed by atoms with Crippen LogP contribution in [-0.2, 0) is 4.79 Å². The number of carbonyl (C=O) groups excluding carboxylic acids is 2. The molecule has 0 saturated heterocycles. The molecule has 5 nitrogen and oxygen atoms in total. The Balaban J connectivity index is 1.85. The number of hydrogen-bond donors (Lipinski definition) is 1. The summed E-state index contributed by atoms with van der Waals surface area (Å²) in [5, 5.41) is 2.88. The van der Waals surface area contributed by atoms with Gasteiger partial charge in [-0.25, -0.2) is 0 Å². The first-order valence-electron chi connectivity index (χ1n) is 7.89. The maximum atomic E-state index is 12.4. The van der Waals surface area contributed by atoms with Crippen molar-refractivity contribution in [3.63, 3.8) is 0 Å². The second kappa shape index (κ2) is 6.35. The number of benzene rings is 2. The largest absolute Gasteiger partial charge is 0.490 e. The zero-order chi connectivity index (χ0) is 17.3. The molecule has 0 atom stereocenters. The first kappa shape index (κ1) is 16.1. The zero-order valence-electron chi connectivity index (χ0n) is 14.1. The number of ether oxygens (including phenoxy) is 1. The van der Waals surface area contributed by atoms with Crippen LogP contribution in [0.1, 0.15) is 28.4 Å². The third-order valence-electron chi connectivity index (χ3n) is 4.23. The van der Waals surface area contributed by atoms with E-state index in [9.17, 15) is 9.59 Å². The molecule has 0 bridgehead atoms. The molecule has 0 saturated carbocycles. The summed E-state index contributed by atoms with van der Waals surface area (Å²) in [6.45, 7) is 6.50. The predicted molar refractivity (Wildman–Crippen MR) is 93.8 cm³/mol. The molecule has 0 aromatic heterocycles. The molecule has 3 rings (SSSR count). The van der Waals surface area contributed by atoms with E-state index in [-0.39, 0.29) is 11.8 Å². The number of hydrogen-bond acceptors (Lipinski definition) is 3. The van der Waals surface area contributed by atoms with Crippen molar-refractivity contribution in [3.05, 3.63) is 53.1 Å². The number of anilines is 2. The SMILES string of the molecule is CC(=O)N1CCOc2ccc(NC(=O)c3ccc(C)c(C)c3)cc21. The molecule has 1 aliphatic heterocycles. The lowest BCUT2D eigenvalue weighted by Crippen LogP contribution is -2.36. The van der Waals surface area contributed by atoms with Gasteiger partial charge in [-0.05, 0) is 55.3 Å². The molecule has 0 radical (unpaired) electrons. The molecular formula is C19H20N2O3. The van der Waals surface area contributed by atoms with Crippen molar-refractivity contribution in [2.45, 2.75) is 20.8 Å². The molecule has 2 aromatic carbocycles. The monoisotopic (exact) mass is 324 g/mol. The topological polar surface area (TPSA) is 58.6 Å². The fraction of sp³-hybridized carbons (Fsp3) is 0.263. The second-order valence-electron chi connectivity index (χ2n) is 5.95. The summed E-state index contributed by atoms with van der Waals surface area (Å²) >= 11 is 0. The Morgan fingerprint density at radius 2 is 1.88 bits per heavy atom. The summed E-state index contributed by atoms with van der Waals surface area (Å²) in [7, 11) is 0. The van der Waals surface area contributed by atoms with Crippen molar-refractivity contribution in [1.82, 2.24) is 0 Å². The molecular weight excluding hydrogens is 304 g/mol. The average molecular weight is 324 g/mol. The molecule has 0 fully saturated rings. The molecule has 2 amide bonds. The number of rotatable bonds is 2. The number of nitrogens with zero attached hydrogens (tertiary/aromatic N) is 1. The molecule has 24 heavy (non-hydrogen) atoms.